The van der Waals surface area contributed by atoms with Crippen molar-refractivity contribution in [3.8, 4) is 5.82 Å². The molecule has 0 bridgehead atoms. The lowest BCUT2D eigenvalue weighted by Crippen LogP contribution is -1.94. The summed E-state index contributed by atoms with van der Waals surface area (Å²) in [5, 5.41) is 0. The van der Waals surface area contributed by atoms with Crippen LogP contribution in [0.5, 0.6) is 0 Å². The van der Waals surface area contributed by atoms with Crippen molar-refractivity contribution in [2.45, 2.75) is 0 Å². The molecule has 0 radical (unpaired) electrons. The van der Waals surface area contributed by atoms with E-state index in [9.17, 15) is 0 Å². The van der Waals surface area contributed by atoms with Gasteiger partial charge < -0.3 is 0 Å². The van der Waals surface area contributed by atoms with Crippen LogP contribution in [0.15, 0.2) is 43.2 Å². The molecule has 15 heavy (non-hydrogen) atoms. The van der Waals surface area contributed by atoms with Gasteiger partial charge in [-0.3, -0.25) is 4.57 Å². The lowest BCUT2D eigenvalue weighted by atomic mass is 10.4. The standard InChI is InChI=1S/C10H7N5/c1-2-4-12-9(3-1)15-7-14-10-8(15)5-11-6-13-10/h1-7H. The van der Waals surface area contributed by atoms with E-state index in [-0.39, 0.29) is 0 Å². The maximum Gasteiger partial charge on any atom is 0.181 e. The Morgan fingerprint density at radius 1 is 1.07 bits per heavy atom. The fraction of sp³-hybridized carbons (Fsp3) is 0. The van der Waals surface area contributed by atoms with Crippen LogP contribution in [0.4, 0.5) is 0 Å². The van der Waals surface area contributed by atoms with Crippen LogP contribution in [0.1, 0.15) is 0 Å². The third-order valence-electron chi connectivity index (χ3n) is 2.12. The summed E-state index contributed by atoms with van der Waals surface area (Å²) in [7, 11) is 0. The summed E-state index contributed by atoms with van der Waals surface area (Å²) in [6.45, 7) is 0. The van der Waals surface area contributed by atoms with Crippen molar-refractivity contribution in [2.24, 2.45) is 0 Å². The Labute approximate surface area is 85.5 Å². The summed E-state index contributed by atoms with van der Waals surface area (Å²) in [6, 6.07) is 5.71. The molecular formula is C10H7N5. The maximum absolute atomic E-state index is 4.24. The molecule has 3 aromatic heterocycles. The van der Waals surface area contributed by atoms with E-state index in [0.717, 1.165) is 11.3 Å². The normalized spacial score (nSPS) is 10.7. The lowest BCUT2D eigenvalue weighted by Gasteiger charge is -2.00. The van der Waals surface area contributed by atoms with Crippen LogP contribution >= 0.6 is 0 Å². The van der Waals surface area contributed by atoms with Crippen molar-refractivity contribution < 1.29 is 0 Å². The predicted molar refractivity (Wildman–Crippen MR) is 54.5 cm³/mol. The van der Waals surface area contributed by atoms with E-state index >= 15 is 0 Å². The molecule has 0 spiro atoms. The number of hydrogen-bond acceptors (Lipinski definition) is 4. The van der Waals surface area contributed by atoms with Crippen LogP contribution in [-0.4, -0.2) is 24.5 Å². The van der Waals surface area contributed by atoms with Crippen molar-refractivity contribution in [2.75, 3.05) is 0 Å². The van der Waals surface area contributed by atoms with Crippen molar-refractivity contribution in [3.05, 3.63) is 43.2 Å². The van der Waals surface area contributed by atoms with Crippen molar-refractivity contribution >= 4 is 11.2 Å². The molecule has 5 heteroatoms. The second-order valence-corrected chi connectivity index (χ2v) is 3.03. The minimum Gasteiger partial charge on any atom is -0.280 e. The number of imidazole rings is 1. The summed E-state index contributed by atoms with van der Waals surface area (Å²) in [5.74, 6) is 0.815. The molecular weight excluding hydrogens is 190 g/mol. The summed E-state index contributed by atoms with van der Waals surface area (Å²) in [4.78, 5) is 16.4. The lowest BCUT2D eigenvalue weighted by molar-refractivity contribution is 1.02. The first kappa shape index (κ1) is 8.05. The molecule has 3 heterocycles. The smallest absolute Gasteiger partial charge is 0.181 e. The van der Waals surface area contributed by atoms with E-state index < -0.39 is 0 Å². The number of aromatic nitrogens is 5. The molecule has 3 rings (SSSR count). The van der Waals surface area contributed by atoms with E-state index in [1.165, 1.54) is 6.33 Å². The first-order chi connectivity index (χ1) is 7.45. The summed E-state index contributed by atoms with van der Waals surface area (Å²) >= 11 is 0. The van der Waals surface area contributed by atoms with Crippen molar-refractivity contribution in [3.63, 3.8) is 0 Å². The highest BCUT2D eigenvalue weighted by Crippen LogP contribution is 2.12. The number of fused-ring (bicyclic) bond motifs is 1. The summed E-state index contributed by atoms with van der Waals surface area (Å²) in [6.07, 6.45) is 6.65. The highest BCUT2D eigenvalue weighted by atomic mass is 15.1. The van der Waals surface area contributed by atoms with E-state index in [4.69, 9.17) is 0 Å². The Morgan fingerprint density at radius 2 is 2.07 bits per heavy atom. The van der Waals surface area contributed by atoms with Gasteiger partial charge in [0.05, 0.1) is 6.20 Å². The van der Waals surface area contributed by atoms with Crippen molar-refractivity contribution in [1.29, 1.82) is 0 Å². The van der Waals surface area contributed by atoms with Crippen LogP contribution in [-0.2, 0) is 0 Å². The Balaban J connectivity index is 2.28. The average molecular weight is 197 g/mol. The van der Waals surface area contributed by atoms with Gasteiger partial charge in [0, 0.05) is 6.20 Å². The van der Waals surface area contributed by atoms with Gasteiger partial charge in [0.1, 0.15) is 24.0 Å². The number of nitrogens with zero attached hydrogens (tertiary/aromatic N) is 5. The minimum absolute atomic E-state index is 0.677. The molecule has 3 aromatic rings. The van der Waals surface area contributed by atoms with Gasteiger partial charge >= 0.3 is 0 Å². The molecule has 0 aliphatic carbocycles. The topological polar surface area (TPSA) is 56.5 Å². The molecule has 0 N–H and O–H groups in total. The van der Waals surface area contributed by atoms with E-state index in [1.807, 2.05) is 22.8 Å². The van der Waals surface area contributed by atoms with Gasteiger partial charge in [-0.1, -0.05) is 6.07 Å². The predicted octanol–water partition coefficient (Wildman–Crippen LogP) is 1.21. The minimum atomic E-state index is 0.677. The van der Waals surface area contributed by atoms with Gasteiger partial charge in [0.15, 0.2) is 5.65 Å². The molecule has 0 unspecified atom stereocenters. The molecule has 0 aliphatic rings. The quantitative estimate of drug-likeness (QED) is 0.588. The Kier molecular flexibility index (Phi) is 1.68. The first-order valence-electron chi connectivity index (χ1n) is 4.49. The zero-order valence-electron chi connectivity index (χ0n) is 7.78. The third kappa shape index (κ3) is 1.25. The van der Waals surface area contributed by atoms with Crippen LogP contribution in [0.25, 0.3) is 17.0 Å². The highest BCUT2D eigenvalue weighted by molar-refractivity contribution is 5.71. The fourth-order valence-electron chi connectivity index (χ4n) is 1.44. The highest BCUT2D eigenvalue weighted by Gasteiger charge is 2.04. The van der Waals surface area contributed by atoms with Gasteiger partial charge in [-0.05, 0) is 12.1 Å². The SMILES string of the molecule is c1ccc(-n2cnc3ncncc32)nc1. The maximum atomic E-state index is 4.24. The Morgan fingerprint density at radius 3 is 2.93 bits per heavy atom. The molecule has 0 fully saturated rings. The van der Waals surface area contributed by atoms with Crippen LogP contribution in [0.3, 0.4) is 0 Å². The van der Waals surface area contributed by atoms with Crippen LogP contribution in [0, 0.1) is 0 Å². The molecule has 0 aromatic carbocycles. The molecule has 0 saturated heterocycles. The second-order valence-electron chi connectivity index (χ2n) is 3.03. The van der Waals surface area contributed by atoms with E-state index in [1.54, 1.807) is 18.7 Å². The molecule has 5 nitrogen and oxygen atoms in total. The van der Waals surface area contributed by atoms with Crippen LogP contribution < -0.4 is 0 Å². The number of rotatable bonds is 1. The number of hydrogen-bond donors (Lipinski definition) is 0. The Hall–Kier alpha value is -2.30. The zero-order chi connectivity index (χ0) is 10.1. The molecule has 0 aliphatic heterocycles. The van der Waals surface area contributed by atoms with Crippen molar-refractivity contribution in [1.82, 2.24) is 24.5 Å². The van der Waals surface area contributed by atoms with Gasteiger partial charge in [-0.15, -0.1) is 0 Å². The molecule has 0 atom stereocenters. The molecule has 72 valence electrons. The van der Waals surface area contributed by atoms with Gasteiger partial charge in [-0.2, -0.15) is 0 Å². The third-order valence-corrected chi connectivity index (χ3v) is 2.12. The van der Waals surface area contributed by atoms with Gasteiger partial charge in [-0.25, -0.2) is 19.9 Å². The summed E-state index contributed by atoms with van der Waals surface area (Å²) < 4.78 is 1.86. The molecule has 0 amide bonds. The van der Waals surface area contributed by atoms with E-state index in [2.05, 4.69) is 19.9 Å². The zero-order valence-corrected chi connectivity index (χ0v) is 7.78. The largest absolute Gasteiger partial charge is 0.280 e. The van der Waals surface area contributed by atoms with Gasteiger partial charge in [0.2, 0.25) is 0 Å². The average Bonchev–Trinajstić information content (AvgIpc) is 2.74. The summed E-state index contributed by atoms with van der Waals surface area (Å²) in [5.41, 5.74) is 1.53. The number of pyridine rings is 1. The fourth-order valence-corrected chi connectivity index (χ4v) is 1.44. The monoisotopic (exact) mass is 197 g/mol. The Bertz CT molecular complexity index is 587. The van der Waals surface area contributed by atoms with Gasteiger partial charge in [0.25, 0.3) is 0 Å². The van der Waals surface area contributed by atoms with E-state index in [0.29, 0.717) is 5.65 Å². The first-order valence-corrected chi connectivity index (χ1v) is 4.49. The molecule has 0 saturated carbocycles. The van der Waals surface area contributed by atoms with Crippen LogP contribution in [0.2, 0.25) is 0 Å². The second kappa shape index (κ2) is 3.13.